The number of nitrogens with zero attached hydrogens (tertiary/aromatic N) is 4. The first kappa shape index (κ1) is 17.3. The molecule has 2 heterocycles. The standard InChI is InChI=1S/C16H14N4O3S2/c1-9-18-19-15(24-9)17-16-20(2)13(21)12(25-16)8-10-4-6-11(7-5-10)14(22)23-3/h4-8H,1-3H3/b12-8-,17-16+. The van der Waals surface area contributed by atoms with E-state index < -0.39 is 5.97 Å². The number of methoxy groups -OCH3 is 1. The largest absolute Gasteiger partial charge is 0.465 e. The molecule has 0 aliphatic carbocycles. The van der Waals surface area contributed by atoms with E-state index in [0.29, 0.717) is 20.8 Å². The van der Waals surface area contributed by atoms with Gasteiger partial charge in [-0.1, -0.05) is 23.5 Å². The van der Waals surface area contributed by atoms with Gasteiger partial charge in [-0.05, 0) is 42.5 Å². The molecule has 1 aliphatic heterocycles. The van der Waals surface area contributed by atoms with E-state index in [1.807, 2.05) is 6.92 Å². The highest BCUT2D eigenvalue weighted by Crippen LogP contribution is 2.33. The second-order valence-corrected chi connectivity index (χ2v) is 7.26. The van der Waals surface area contributed by atoms with Crippen LogP contribution in [0.2, 0.25) is 0 Å². The van der Waals surface area contributed by atoms with Crippen LogP contribution in [0, 0.1) is 6.92 Å². The Kier molecular flexibility index (Phi) is 4.95. The number of rotatable bonds is 3. The van der Waals surface area contributed by atoms with Crippen LogP contribution in [0.15, 0.2) is 34.2 Å². The van der Waals surface area contributed by atoms with Crippen molar-refractivity contribution >= 4 is 51.4 Å². The fourth-order valence-electron chi connectivity index (χ4n) is 2.05. The lowest BCUT2D eigenvalue weighted by molar-refractivity contribution is -0.121. The Morgan fingerprint density at radius 3 is 2.60 bits per heavy atom. The van der Waals surface area contributed by atoms with Gasteiger partial charge in [0, 0.05) is 7.05 Å². The molecular formula is C16H14N4O3S2. The molecule has 25 heavy (non-hydrogen) atoms. The lowest BCUT2D eigenvalue weighted by Gasteiger charge is -2.05. The van der Waals surface area contributed by atoms with E-state index >= 15 is 0 Å². The average molecular weight is 374 g/mol. The van der Waals surface area contributed by atoms with Gasteiger partial charge in [-0.2, -0.15) is 4.99 Å². The van der Waals surface area contributed by atoms with Crippen molar-refractivity contribution in [2.45, 2.75) is 6.92 Å². The number of aromatic nitrogens is 2. The van der Waals surface area contributed by atoms with E-state index in [1.54, 1.807) is 37.4 Å². The minimum absolute atomic E-state index is 0.137. The highest BCUT2D eigenvalue weighted by Gasteiger charge is 2.30. The zero-order chi connectivity index (χ0) is 18.0. The van der Waals surface area contributed by atoms with E-state index in [9.17, 15) is 9.59 Å². The summed E-state index contributed by atoms with van der Waals surface area (Å²) in [6.07, 6.45) is 1.76. The predicted octanol–water partition coefficient (Wildman–Crippen LogP) is 2.87. The fraction of sp³-hybridized carbons (Fsp3) is 0.188. The zero-order valence-corrected chi connectivity index (χ0v) is 15.3. The second kappa shape index (κ2) is 7.16. The van der Waals surface area contributed by atoms with Crippen molar-refractivity contribution in [2.75, 3.05) is 14.2 Å². The normalized spacial score (nSPS) is 17.6. The van der Waals surface area contributed by atoms with Crippen LogP contribution >= 0.6 is 23.1 Å². The van der Waals surface area contributed by atoms with E-state index in [4.69, 9.17) is 0 Å². The first-order valence-electron chi connectivity index (χ1n) is 7.22. The van der Waals surface area contributed by atoms with E-state index in [-0.39, 0.29) is 5.91 Å². The Hall–Kier alpha value is -2.52. The van der Waals surface area contributed by atoms with Crippen molar-refractivity contribution in [1.29, 1.82) is 0 Å². The van der Waals surface area contributed by atoms with Gasteiger partial charge in [-0.15, -0.1) is 10.2 Å². The number of benzene rings is 1. The molecule has 128 valence electrons. The third-order valence-electron chi connectivity index (χ3n) is 3.34. The smallest absolute Gasteiger partial charge is 0.337 e. The Labute approximate surface area is 152 Å². The third kappa shape index (κ3) is 3.77. The molecule has 2 aromatic rings. The molecule has 0 atom stereocenters. The maximum absolute atomic E-state index is 12.4. The van der Waals surface area contributed by atoms with Crippen molar-refractivity contribution in [3.63, 3.8) is 0 Å². The Morgan fingerprint density at radius 2 is 2.00 bits per heavy atom. The van der Waals surface area contributed by atoms with Crippen molar-refractivity contribution in [3.8, 4) is 0 Å². The highest BCUT2D eigenvalue weighted by atomic mass is 32.2. The number of hydrogen-bond acceptors (Lipinski definition) is 8. The number of aliphatic imine (C=N–C) groups is 1. The number of ether oxygens (including phenoxy) is 1. The molecule has 1 amide bonds. The molecule has 0 saturated carbocycles. The minimum atomic E-state index is -0.396. The zero-order valence-electron chi connectivity index (χ0n) is 13.7. The number of amides is 1. The molecule has 1 aromatic heterocycles. The molecule has 9 heteroatoms. The lowest BCUT2D eigenvalue weighted by atomic mass is 10.1. The number of esters is 1. The quantitative estimate of drug-likeness (QED) is 0.607. The summed E-state index contributed by atoms with van der Waals surface area (Å²) >= 11 is 2.64. The van der Waals surface area contributed by atoms with Crippen LogP contribution < -0.4 is 0 Å². The molecule has 7 nitrogen and oxygen atoms in total. The molecule has 1 aromatic carbocycles. The Morgan fingerprint density at radius 1 is 1.28 bits per heavy atom. The van der Waals surface area contributed by atoms with Gasteiger partial charge in [0.1, 0.15) is 5.01 Å². The summed E-state index contributed by atoms with van der Waals surface area (Å²) < 4.78 is 4.67. The summed E-state index contributed by atoms with van der Waals surface area (Å²) in [5.74, 6) is -0.533. The Bertz CT molecular complexity index is 887. The highest BCUT2D eigenvalue weighted by molar-refractivity contribution is 8.18. The number of carbonyl (C=O) groups excluding carboxylic acids is 2. The maximum Gasteiger partial charge on any atom is 0.337 e. The van der Waals surface area contributed by atoms with Crippen molar-refractivity contribution in [1.82, 2.24) is 15.1 Å². The van der Waals surface area contributed by atoms with E-state index in [1.165, 1.54) is 35.1 Å². The number of thioether (sulfide) groups is 1. The number of carbonyl (C=O) groups is 2. The minimum Gasteiger partial charge on any atom is -0.465 e. The van der Waals surface area contributed by atoms with Gasteiger partial charge >= 0.3 is 5.97 Å². The molecule has 0 N–H and O–H groups in total. The van der Waals surface area contributed by atoms with Crippen LogP contribution in [0.25, 0.3) is 6.08 Å². The van der Waals surface area contributed by atoms with Crippen LogP contribution in [-0.2, 0) is 9.53 Å². The number of amidine groups is 1. The van der Waals surface area contributed by atoms with Crippen molar-refractivity contribution in [2.24, 2.45) is 4.99 Å². The topological polar surface area (TPSA) is 84.8 Å². The molecular weight excluding hydrogens is 360 g/mol. The summed E-state index contributed by atoms with van der Waals surface area (Å²) in [5, 5.41) is 9.75. The number of likely N-dealkylation sites (N-methyl/N-ethyl adjacent to an activating group) is 1. The SMILES string of the molecule is COC(=O)c1ccc(/C=C2\S/C(=N/c3nnc(C)s3)N(C)C2=O)cc1. The van der Waals surface area contributed by atoms with Gasteiger partial charge in [0.25, 0.3) is 5.91 Å². The van der Waals surface area contributed by atoms with Crippen LogP contribution in [0.1, 0.15) is 20.9 Å². The lowest BCUT2D eigenvalue weighted by Crippen LogP contribution is -2.23. The Balaban J connectivity index is 1.83. The van der Waals surface area contributed by atoms with Crippen LogP contribution in [0.5, 0.6) is 0 Å². The van der Waals surface area contributed by atoms with E-state index in [0.717, 1.165) is 10.6 Å². The van der Waals surface area contributed by atoms with Gasteiger partial charge < -0.3 is 4.74 Å². The number of aryl methyl sites for hydroxylation is 1. The first-order valence-corrected chi connectivity index (χ1v) is 8.86. The number of hydrogen-bond donors (Lipinski definition) is 0. The molecule has 0 radical (unpaired) electrons. The average Bonchev–Trinajstić information content (AvgIpc) is 3.14. The van der Waals surface area contributed by atoms with Crippen LogP contribution in [0.4, 0.5) is 5.13 Å². The second-order valence-electron chi connectivity index (χ2n) is 5.09. The molecule has 1 fully saturated rings. The van der Waals surface area contributed by atoms with Gasteiger partial charge in [0.05, 0.1) is 17.6 Å². The summed E-state index contributed by atoms with van der Waals surface area (Å²) in [6, 6.07) is 6.84. The van der Waals surface area contributed by atoms with Gasteiger partial charge in [0.15, 0.2) is 5.17 Å². The summed E-state index contributed by atoms with van der Waals surface area (Å²) in [4.78, 5) is 30.3. The molecule has 1 aliphatic rings. The van der Waals surface area contributed by atoms with Gasteiger partial charge in [-0.25, -0.2) is 4.79 Å². The summed E-state index contributed by atoms with van der Waals surface area (Å²) in [5.41, 5.74) is 1.27. The molecule has 0 unspecified atom stereocenters. The predicted molar refractivity (Wildman–Crippen MR) is 97.9 cm³/mol. The summed E-state index contributed by atoms with van der Waals surface area (Å²) in [7, 11) is 3.01. The van der Waals surface area contributed by atoms with Crippen LogP contribution in [-0.4, -0.2) is 46.3 Å². The molecule has 3 rings (SSSR count). The molecule has 1 saturated heterocycles. The van der Waals surface area contributed by atoms with Crippen LogP contribution in [0.3, 0.4) is 0 Å². The third-order valence-corrected chi connectivity index (χ3v) is 5.13. The monoisotopic (exact) mass is 374 g/mol. The van der Waals surface area contributed by atoms with Crippen molar-refractivity contribution < 1.29 is 14.3 Å². The fourth-order valence-corrected chi connectivity index (χ4v) is 3.63. The summed E-state index contributed by atoms with van der Waals surface area (Å²) in [6.45, 7) is 1.85. The van der Waals surface area contributed by atoms with E-state index in [2.05, 4.69) is 19.9 Å². The maximum atomic E-state index is 12.4. The molecule has 0 spiro atoms. The first-order chi connectivity index (χ1) is 12.0. The van der Waals surface area contributed by atoms with Gasteiger partial charge in [0.2, 0.25) is 5.13 Å². The molecule has 0 bridgehead atoms. The van der Waals surface area contributed by atoms with Gasteiger partial charge in [-0.3, -0.25) is 9.69 Å². The van der Waals surface area contributed by atoms with Crippen molar-refractivity contribution in [3.05, 3.63) is 45.3 Å².